The van der Waals surface area contributed by atoms with Crippen molar-refractivity contribution in [2.24, 2.45) is 5.92 Å². The molecule has 17 heavy (non-hydrogen) atoms. The molecule has 0 spiro atoms. The molecular formula is C14H26N2O. The normalized spacial score (nSPS) is 24.1. The average Bonchev–Trinajstić information content (AvgIpc) is 2.97. The maximum Gasteiger partial charge on any atom is 0.234 e. The van der Waals surface area contributed by atoms with Gasteiger partial charge in [-0.2, -0.15) is 0 Å². The first kappa shape index (κ1) is 12.9. The van der Waals surface area contributed by atoms with E-state index in [-0.39, 0.29) is 5.91 Å². The summed E-state index contributed by atoms with van der Waals surface area (Å²) >= 11 is 0. The van der Waals surface area contributed by atoms with Gasteiger partial charge in [0.25, 0.3) is 0 Å². The van der Waals surface area contributed by atoms with E-state index in [1.54, 1.807) is 0 Å². The number of hydrogen-bond acceptors (Lipinski definition) is 2. The third-order valence-electron chi connectivity index (χ3n) is 4.41. The molecule has 0 saturated heterocycles. The topological polar surface area (TPSA) is 41.1 Å². The van der Waals surface area contributed by atoms with Crippen molar-refractivity contribution >= 4 is 5.91 Å². The monoisotopic (exact) mass is 238 g/mol. The van der Waals surface area contributed by atoms with Gasteiger partial charge in [0, 0.05) is 12.1 Å². The number of rotatable bonds is 5. The number of hydrogen-bond donors (Lipinski definition) is 2. The summed E-state index contributed by atoms with van der Waals surface area (Å²) in [6.07, 6.45) is 10.3. The molecule has 3 heteroatoms. The van der Waals surface area contributed by atoms with Crippen LogP contribution in [0.5, 0.6) is 0 Å². The SMILES string of the molecule is CC(NCC(=O)NC1CCCC1)C1CCCC1. The maximum absolute atomic E-state index is 11.7. The van der Waals surface area contributed by atoms with Gasteiger partial charge >= 0.3 is 0 Å². The first-order valence-corrected chi connectivity index (χ1v) is 7.28. The molecule has 1 amide bonds. The first-order valence-electron chi connectivity index (χ1n) is 7.28. The van der Waals surface area contributed by atoms with E-state index >= 15 is 0 Å². The van der Waals surface area contributed by atoms with Crippen LogP contribution in [0.4, 0.5) is 0 Å². The Kier molecular flexibility index (Phi) is 4.84. The average molecular weight is 238 g/mol. The molecule has 0 bridgehead atoms. The van der Waals surface area contributed by atoms with Gasteiger partial charge in [-0.15, -0.1) is 0 Å². The first-order chi connectivity index (χ1) is 8.25. The lowest BCUT2D eigenvalue weighted by Gasteiger charge is -2.20. The minimum atomic E-state index is 0.182. The summed E-state index contributed by atoms with van der Waals surface area (Å²) < 4.78 is 0. The Balaban J connectivity index is 1.61. The van der Waals surface area contributed by atoms with Crippen LogP contribution in [0, 0.1) is 5.92 Å². The molecular weight excluding hydrogens is 212 g/mol. The number of carbonyl (C=O) groups excluding carboxylic acids is 1. The summed E-state index contributed by atoms with van der Waals surface area (Å²) in [4.78, 5) is 11.7. The van der Waals surface area contributed by atoms with E-state index < -0.39 is 0 Å². The van der Waals surface area contributed by atoms with Crippen molar-refractivity contribution in [1.29, 1.82) is 0 Å². The van der Waals surface area contributed by atoms with E-state index in [1.807, 2.05) is 0 Å². The van der Waals surface area contributed by atoms with Crippen LogP contribution < -0.4 is 10.6 Å². The summed E-state index contributed by atoms with van der Waals surface area (Å²) in [5.74, 6) is 0.969. The molecule has 2 fully saturated rings. The zero-order valence-electron chi connectivity index (χ0n) is 11.0. The van der Waals surface area contributed by atoms with Gasteiger partial charge in [-0.05, 0) is 38.5 Å². The second-order valence-electron chi connectivity index (χ2n) is 5.76. The van der Waals surface area contributed by atoms with E-state index in [0.29, 0.717) is 18.6 Å². The highest BCUT2D eigenvalue weighted by Crippen LogP contribution is 2.27. The molecule has 98 valence electrons. The third-order valence-corrected chi connectivity index (χ3v) is 4.41. The predicted molar refractivity (Wildman–Crippen MR) is 69.8 cm³/mol. The van der Waals surface area contributed by atoms with Crippen LogP contribution in [-0.4, -0.2) is 24.5 Å². The van der Waals surface area contributed by atoms with Crippen molar-refractivity contribution in [3.63, 3.8) is 0 Å². The highest BCUT2D eigenvalue weighted by molar-refractivity contribution is 5.78. The van der Waals surface area contributed by atoms with E-state index in [9.17, 15) is 4.79 Å². The van der Waals surface area contributed by atoms with Gasteiger partial charge in [0.2, 0.25) is 5.91 Å². The van der Waals surface area contributed by atoms with Crippen LogP contribution in [0.3, 0.4) is 0 Å². The van der Waals surface area contributed by atoms with Crippen molar-refractivity contribution in [2.75, 3.05) is 6.54 Å². The zero-order valence-corrected chi connectivity index (χ0v) is 11.0. The van der Waals surface area contributed by atoms with Gasteiger partial charge in [0.1, 0.15) is 0 Å². The molecule has 2 rings (SSSR count). The second-order valence-corrected chi connectivity index (χ2v) is 5.76. The largest absolute Gasteiger partial charge is 0.352 e. The van der Waals surface area contributed by atoms with Crippen molar-refractivity contribution < 1.29 is 4.79 Å². The van der Waals surface area contributed by atoms with Crippen LogP contribution in [0.25, 0.3) is 0 Å². The fourth-order valence-electron chi connectivity index (χ4n) is 3.23. The number of carbonyl (C=O) groups is 1. The van der Waals surface area contributed by atoms with Gasteiger partial charge < -0.3 is 10.6 Å². The van der Waals surface area contributed by atoms with Crippen LogP contribution in [-0.2, 0) is 4.79 Å². The Hall–Kier alpha value is -0.570. The van der Waals surface area contributed by atoms with Crippen molar-refractivity contribution in [1.82, 2.24) is 10.6 Å². The lowest BCUT2D eigenvalue weighted by atomic mass is 10.00. The van der Waals surface area contributed by atoms with Crippen LogP contribution in [0.1, 0.15) is 58.3 Å². The second kappa shape index (κ2) is 6.39. The molecule has 0 aliphatic heterocycles. The molecule has 2 aliphatic carbocycles. The smallest absolute Gasteiger partial charge is 0.234 e. The van der Waals surface area contributed by atoms with Gasteiger partial charge in [-0.25, -0.2) is 0 Å². The molecule has 0 aromatic rings. The van der Waals surface area contributed by atoms with Crippen molar-refractivity contribution in [3.05, 3.63) is 0 Å². The van der Waals surface area contributed by atoms with Crippen LogP contribution in [0.2, 0.25) is 0 Å². The Morgan fingerprint density at radius 1 is 1.12 bits per heavy atom. The molecule has 2 saturated carbocycles. The Bertz CT molecular complexity index is 243. The Labute approximate surface area is 105 Å². The molecule has 1 atom stereocenters. The van der Waals surface area contributed by atoms with Gasteiger partial charge in [-0.3, -0.25) is 4.79 Å². The lowest BCUT2D eigenvalue weighted by Crippen LogP contribution is -2.43. The third kappa shape index (κ3) is 3.98. The molecule has 2 aliphatic rings. The van der Waals surface area contributed by atoms with Gasteiger partial charge in [0.15, 0.2) is 0 Å². The predicted octanol–water partition coefficient (Wildman–Crippen LogP) is 2.21. The fourth-order valence-corrected chi connectivity index (χ4v) is 3.23. The summed E-state index contributed by atoms with van der Waals surface area (Å²) in [5, 5.41) is 6.51. The van der Waals surface area contributed by atoms with Crippen molar-refractivity contribution in [2.45, 2.75) is 70.4 Å². The molecule has 0 radical (unpaired) electrons. The molecule has 2 N–H and O–H groups in total. The highest BCUT2D eigenvalue weighted by atomic mass is 16.1. The molecule has 0 aromatic carbocycles. The summed E-state index contributed by atoms with van der Waals surface area (Å²) in [6, 6.07) is 0.943. The molecule has 1 unspecified atom stereocenters. The molecule has 0 heterocycles. The Morgan fingerprint density at radius 3 is 2.35 bits per heavy atom. The highest BCUT2D eigenvalue weighted by Gasteiger charge is 2.22. The number of amides is 1. The zero-order chi connectivity index (χ0) is 12.1. The van der Waals surface area contributed by atoms with E-state index in [1.165, 1.54) is 51.4 Å². The maximum atomic E-state index is 11.7. The van der Waals surface area contributed by atoms with Gasteiger partial charge in [0.05, 0.1) is 6.54 Å². The van der Waals surface area contributed by atoms with E-state index in [4.69, 9.17) is 0 Å². The number of nitrogens with one attached hydrogen (secondary N) is 2. The quantitative estimate of drug-likeness (QED) is 0.771. The van der Waals surface area contributed by atoms with Gasteiger partial charge in [-0.1, -0.05) is 25.7 Å². The fraction of sp³-hybridized carbons (Fsp3) is 0.929. The lowest BCUT2D eigenvalue weighted by molar-refractivity contribution is -0.121. The summed E-state index contributed by atoms with van der Waals surface area (Å²) in [5.41, 5.74) is 0. The van der Waals surface area contributed by atoms with Crippen molar-refractivity contribution in [3.8, 4) is 0 Å². The van der Waals surface area contributed by atoms with E-state index in [0.717, 1.165) is 5.92 Å². The Morgan fingerprint density at radius 2 is 1.71 bits per heavy atom. The van der Waals surface area contributed by atoms with Crippen LogP contribution >= 0.6 is 0 Å². The minimum absolute atomic E-state index is 0.182. The molecule has 0 aromatic heterocycles. The minimum Gasteiger partial charge on any atom is -0.352 e. The standard InChI is InChI=1S/C14H26N2O/c1-11(12-6-2-3-7-12)15-10-14(17)16-13-8-4-5-9-13/h11-13,15H,2-10H2,1H3,(H,16,17). The molecule has 3 nitrogen and oxygen atoms in total. The summed E-state index contributed by atoms with van der Waals surface area (Å²) in [6.45, 7) is 2.72. The summed E-state index contributed by atoms with van der Waals surface area (Å²) in [7, 11) is 0. The van der Waals surface area contributed by atoms with E-state index in [2.05, 4.69) is 17.6 Å². The van der Waals surface area contributed by atoms with Crippen LogP contribution in [0.15, 0.2) is 0 Å².